The zero-order valence-electron chi connectivity index (χ0n) is 10.3. The maximum Gasteiger partial charge on any atom is 0.323 e. The Labute approximate surface area is 101 Å². The first-order chi connectivity index (χ1) is 8.16. The summed E-state index contributed by atoms with van der Waals surface area (Å²) >= 11 is 0. The van der Waals surface area contributed by atoms with Gasteiger partial charge in [0.1, 0.15) is 11.6 Å². The summed E-state index contributed by atoms with van der Waals surface area (Å²) in [6.07, 6.45) is 3.33. The minimum absolute atomic E-state index is 0.0489. The lowest BCUT2D eigenvalue weighted by molar-refractivity contribution is -0.172. The molecule has 2 fully saturated rings. The molecule has 0 spiro atoms. The Hall–Kier alpha value is -0.650. The number of carbonyl (C=O) groups is 1. The van der Waals surface area contributed by atoms with E-state index in [1.807, 2.05) is 6.92 Å². The first-order valence-corrected chi connectivity index (χ1v) is 6.38. The van der Waals surface area contributed by atoms with Crippen LogP contribution >= 0.6 is 0 Å². The van der Waals surface area contributed by atoms with Crippen LogP contribution < -0.4 is 5.32 Å². The van der Waals surface area contributed by atoms with Gasteiger partial charge >= 0.3 is 5.97 Å². The first-order valence-electron chi connectivity index (χ1n) is 6.38. The van der Waals surface area contributed by atoms with E-state index in [4.69, 9.17) is 9.47 Å². The van der Waals surface area contributed by atoms with Crippen LogP contribution in [0.4, 0.5) is 0 Å². The van der Waals surface area contributed by atoms with Crippen LogP contribution in [0.5, 0.6) is 0 Å². The molecule has 2 rings (SSSR count). The molecule has 1 heterocycles. The lowest BCUT2D eigenvalue weighted by Gasteiger charge is -2.40. The molecule has 5 heteroatoms. The number of hydrogen-bond donors (Lipinski definition) is 2. The van der Waals surface area contributed by atoms with Crippen LogP contribution in [-0.4, -0.2) is 48.6 Å². The molecule has 1 saturated heterocycles. The van der Waals surface area contributed by atoms with Gasteiger partial charge in [0.15, 0.2) is 0 Å². The maximum atomic E-state index is 11.4. The van der Waals surface area contributed by atoms with Crippen molar-refractivity contribution in [2.75, 3.05) is 19.8 Å². The van der Waals surface area contributed by atoms with E-state index in [-0.39, 0.29) is 12.2 Å². The van der Waals surface area contributed by atoms with Gasteiger partial charge < -0.3 is 19.9 Å². The zero-order chi connectivity index (χ0) is 12.3. The molecule has 2 N–H and O–H groups in total. The Bertz CT molecular complexity index is 276. The Morgan fingerprint density at radius 1 is 1.53 bits per heavy atom. The molecular formula is C12H21NO4. The summed E-state index contributed by atoms with van der Waals surface area (Å²) in [6, 6.07) is 0. The lowest BCUT2D eigenvalue weighted by atomic mass is 9.80. The summed E-state index contributed by atoms with van der Waals surface area (Å²) in [5.41, 5.74) is -0.789. The van der Waals surface area contributed by atoms with E-state index in [2.05, 4.69) is 5.32 Å². The van der Waals surface area contributed by atoms with Crippen LogP contribution in [0.3, 0.4) is 0 Å². The summed E-state index contributed by atoms with van der Waals surface area (Å²) in [5, 5.41) is 12.5. The summed E-state index contributed by atoms with van der Waals surface area (Å²) in [4.78, 5) is 11.4. The zero-order valence-corrected chi connectivity index (χ0v) is 10.3. The monoisotopic (exact) mass is 243 g/mol. The molecule has 2 aliphatic rings. The van der Waals surface area contributed by atoms with Crippen LogP contribution in [0.1, 0.15) is 32.6 Å². The molecule has 2 unspecified atom stereocenters. The minimum atomic E-state index is -0.789. The van der Waals surface area contributed by atoms with Crippen LogP contribution in [0.15, 0.2) is 0 Å². The topological polar surface area (TPSA) is 67.8 Å². The molecular weight excluding hydrogens is 222 g/mol. The average molecular weight is 243 g/mol. The highest BCUT2D eigenvalue weighted by Gasteiger charge is 2.43. The van der Waals surface area contributed by atoms with Gasteiger partial charge in [-0.25, -0.2) is 0 Å². The van der Waals surface area contributed by atoms with Gasteiger partial charge in [-0.05, 0) is 25.8 Å². The third kappa shape index (κ3) is 2.78. The quantitative estimate of drug-likeness (QED) is 0.746. The van der Waals surface area contributed by atoms with E-state index in [0.717, 1.165) is 12.8 Å². The molecule has 98 valence electrons. The van der Waals surface area contributed by atoms with Gasteiger partial charge in [0.05, 0.1) is 19.3 Å². The predicted octanol–water partition coefficient (Wildman–Crippen LogP) is 0.777. The van der Waals surface area contributed by atoms with Gasteiger partial charge in [-0.1, -0.05) is 6.92 Å². The van der Waals surface area contributed by atoms with Crippen molar-refractivity contribution in [2.45, 2.75) is 50.4 Å². The highest BCUT2D eigenvalue weighted by Crippen LogP contribution is 2.31. The molecule has 1 aliphatic heterocycles. The van der Waals surface area contributed by atoms with Gasteiger partial charge in [-0.3, -0.25) is 4.79 Å². The average Bonchev–Trinajstić information content (AvgIpc) is 2.24. The number of hydrogen-bond acceptors (Lipinski definition) is 4. The fourth-order valence-electron chi connectivity index (χ4n) is 2.67. The van der Waals surface area contributed by atoms with Gasteiger partial charge in [-0.15, -0.1) is 0 Å². The van der Waals surface area contributed by atoms with Crippen LogP contribution in [-0.2, 0) is 14.3 Å². The standard InChI is InChI=1S/C12H21NO4/c1-2-13-12(11(14)15)5-3-4-9(6-12)17-10-7-16-8-10/h9-10,13H,2-8H2,1H3,(H,14,15). The van der Waals surface area contributed by atoms with Gasteiger partial charge in [-0.2, -0.15) is 0 Å². The van der Waals surface area contributed by atoms with E-state index >= 15 is 0 Å². The second kappa shape index (κ2) is 5.33. The van der Waals surface area contributed by atoms with E-state index in [1.165, 1.54) is 0 Å². The van der Waals surface area contributed by atoms with Crippen molar-refractivity contribution in [3.63, 3.8) is 0 Å². The van der Waals surface area contributed by atoms with Gasteiger partial charge in [0.25, 0.3) is 0 Å². The molecule has 2 atom stereocenters. The number of carboxylic acids is 1. The second-order valence-electron chi connectivity index (χ2n) is 4.93. The summed E-state index contributed by atoms with van der Waals surface area (Å²) in [6.45, 7) is 3.91. The third-order valence-corrected chi connectivity index (χ3v) is 3.62. The SMILES string of the molecule is CCNC1(C(=O)O)CCCC(OC2COC2)C1. The maximum absolute atomic E-state index is 11.4. The van der Waals surface area contributed by atoms with Crippen LogP contribution in [0.2, 0.25) is 0 Å². The van der Waals surface area contributed by atoms with Crippen molar-refractivity contribution >= 4 is 5.97 Å². The molecule has 1 aliphatic carbocycles. The van der Waals surface area contributed by atoms with Crippen molar-refractivity contribution in [1.29, 1.82) is 0 Å². The highest BCUT2D eigenvalue weighted by molar-refractivity contribution is 5.79. The lowest BCUT2D eigenvalue weighted by Crippen LogP contribution is -2.57. The number of likely N-dealkylation sites (N-methyl/N-ethyl adjacent to an activating group) is 1. The first kappa shape index (κ1) is 12.8. The van der Waals surface area contributed by atoms with E-state index in [9.17, 15) is 9.90 Å². The number of ether oxygens (including phenoxy) is 2. The molecule has 5 nitrogen and oxygen atoms in total. The Morgan fingerprint density at radius 3 is 2.82 bits per heavy atom. The molecule has 0 amide bonds. The van der Waals surface area contributed by atoms with Crippen molar-refractivity contribution in [1.82, 2.24) is 5.32 Å². The Balaban J connectivity index is 1.94. The predicted molar refractivity (Wildman–Crippen MR) is 62.0 cm³/mol. The van der Waals surface area contributed by atoms with Gasteiger partial charge in [0.2, 0.25) is 0 Å². The van der Waals surface area contributed by atoms with Crippen molar-refractivity contribution < 1.29 is 19.4 Å². The van der Waals surface area contributed by atoms with Crippen molar-refractivity contribution in [3.05, 3.63) is 0 Å². The Kier molecular flexibility index (Phi) is 4.01. The van der Waals surface area contributed by atoms with E-state index < -0.39 is 11.5 Å². The van der Waals surface area contributed by atoms with Crippen LogP contribution in [0, 0.1) is 0 Å². The minimum Gasteiger partial charge on any atom is -0.480 e. The van der Waals surface area contributed by atoms with Gasteiger partial charge in [0, 0.05) is 6.42 Å². The fourth-order valence-corrected chi connectivity index (χ4v) is 2.67. The molecule has 1 saturated carbocycles. The Morgan fingerprint density at radius 2 is 2.29 bits per heavy atom. The fraction of sp³-hybridized carbons (Fsp3) is 0.917. The summed E-state index contributed by atoms with van der Waals surface area (Å²) in [7, 11) is 0. The van der Waals surface area contributed by atoms with E-state index in [1.54, 1.807) is 0 Å². The summed E-state index contributed by atoms with van der Waals surface area (Å²) in [5.74, 6) is -0.752. The normalized spacial score (nSPS) is 34.3. The second-order valence-corrected chi connectivity index (χ2v) is 4.93. The van der Waals surface area contributed by atoms with E-state index in [0.29, 0.717) is 32.6 Å². The smallest absolute Gasteiger partial charge is 0.323 e. The molecule has 0 aromatic heterocycles. The highest BCUT2D eigenvalue weighted by atomic mass is 16.6. The molecule has 0 bridgehead atoms. The molecule has 17 heavy (non-hydrogen) atoms. The van der Waals surface area contributed by atoms with Crippen LogP contribution in [0.25, 0.3) is 0 Å². The van der Waals surface area contributed by atoms with Crippen molar-refractivity contribution in [2.24, 2.45) is 0 Å². The molecule has 0 aromatic rings. The molecule has 0 aromatic carbocycles. The largest absolute Gasteiger partial charge is 0.480 e. The third-order valence-electron chi connectivity index (χ3n) is 3.62. The molecule has 0 radical (unpaired) electrons. The number of carboxylic acid groups (broad SMARTS) is 1. The number of rotatable bonds is 5. The number of nitrogens with one attached hydrogen (secondary N) is 1. The number of aliphatic carboxylic acids is 1. The summed E-state index contributed by atoms with van der Waals surface area (Å²) < 4.78 is 10.9. The van der Waals surface area contributed by atoms with Crippen molar-refractivity contribution in [3.8, 4) is 0 Å².